The minimum Gasteiger partial charge on any atom is -0.479 e. The average molecular weight is 401 g/mol. The van der Waals surface area contributed by atoms with E-state index in [2.05, 4.69) is 15.5 Å². The third kappa shape index (κ3) is 5.92. The van der Waals surface area contributed by atoms with Gasteiger partial charge in [0.15, 0.2) is 5.69 Å². The number of hydrogen-bond acceptors (Lipinski definition) is 5. The highest BCUT2D eigenvalue weighted by atomic mass is 19.4. The SMILES string of the molecule is CCC(CO)NC(=O)c1cc(/C=C/[C@H]2CC[C@H](C(F)(F)F)CC2)c(OC)nn1. The normalized spacial score (nSPS) is 21.5. The Morgan fingerprint density at radius 1 is 1.36 bits per heavy atom. The number of hydrogen-bond donors (Lipinski definition) is 2. The van der Waals surface area contributed by atoms with Crippen LogP contribution in [0.1, 0.15) is 55.1 Å². The molecule has 0 saturated heterocycles. The number of amides is 1. The zero-order valence-corrected chi connectivity index (χ0v) is 16.0. The second kappa shape index (κ2) is 9.86. The number of carbonyl (C=O) groups is 1. The molecule has 156 valence electrons. The number of aliphatic hydroxyl groups is 1. The second-order valence-corrected chi connectivity index (χ2v) is 6.97. The van der Waals surface area contributed by atoms with Crippen LogP contribution in [0.4, 0.5) is 13.2 Å². The molecule has 1 atom stereocenters. The molecule has 1 aromatic heterocycles. The molecule has 2 rings (SSSR count). The van der Waals surface area contributed by atoms with Crippen LogP contribution in [0.25, 0.3) is 6.08 Å². The van der Waals surface area contributed by atoms with Crippen LogP contribution in [0, 0.1) is 11.8 Å². The number of alkyl halides is 3. The molecule has 1 aromatic rings. The standard InChI is InChI=1S/C19H26F3N3O3/c1-3-15(11-26)23-17(27)16-10-13(18(28-2)25-24-16)7-4-12-5-8-14(9-6-12)19(20,21)22/h4,7,10,12,14-15,26H,3,5-6,8-9,11H2,1-2H3,(H,23,27)/b7-4+/t12-,14-,15?. The predicted molar refractivity (Wildman–Crippen MR) is 97.8 cm³/mol. The topological polar surface area (TPSA) is 84.3 Å². The maximum Gasteiger partial charge on any atom is 0.391 e. The number of allylic oxidation sites excluding steroid dienone is 1. The lowest BCUT2D eigenvalue weighted by molar-refractivity contribution is -0.183. The van der Waals surface area contributed by atoms with Crippen molar-refractivity contribution in [3.63, 3.8) is 0 Å². The van der Waals surface area contributed by atoms with Gasteiger partial charge in [0, 0.05) is 5.56 Å². The highest BCUT2D eigenvalue weighted by Crippen LogP contribution is 2.40. The smallest absolute Gasteiger partial charge is 0.391 e. The number of methoxy groups -OCH3 is 1. The van der Waals surface area contributed by atoms with E-state index in [1.54, 1.807) is 6.08 Å². The zero-order chi connectivity index (χ0) is 20.7. The summed E-state index contributed by atoms with van der Waals surface area (Å²) in [6.45, 7) is 1.65. The maximum atomic E-state index is 12.8. The Hall–Kier alpha value is -2.16. The first kappa shape index (κ1) is 22.1. The van der Waals surface area contributed by atoms with E-state index >= 15 is 0 Å². The Morgan fingerprint density at radius 3 is 2.57 bits per heavy atom. The molecule has 9 heteroatoms. The van der Waals surface area contributed by atoms with E-state index in [0.717, 1.165) is 0 Å². The lowest BCUT2D eigenvalue weighted by Gasteiger charge is -2.28. The van der Waals surface area contributed by atoms with Crippen LogP contribution < -0.4 is 10.1 Å². The van der Waals surface area contributed by atoms with E-state index in [-0.39, 0.29) is 43.0 Å². The fourth-order valence-corrected chi connectivity index (χ4v) is 3.20. The molecule has 0 spiro atoms. The molecule has 0 bridgehead atoms. The molecule has 1 amide bonds. The maximum absolute atomic E-state index is 12.8. The summed E-state index contributed by atoms with van der Waals surface area (Å²) in [6.07, 6.45) is 1.17. The van der Waals surface area contributed by atoms with E-state index in [1.807, 2.05) is 13.0 Å². The minimum absolute atomic E-state index is 0.0348. The van der Waals surface area contributed by atoms with Gasteiger partial charge in [0.2, 0.25) is 5.88 Å². The Labute approximate surface area is 162 Å². The summed E-state index contributed by atoms with van der Waals surface area (Å²) in [5.74, 6) is -1.42. The van der Waals surface area contributed by atoms with Crippen molar-refractivity contribution >= 4 is 12.0 Å². The van der Waals surface area contributed by atoms with E-state index in [0.29, 0.717) is 24.8 Å². The van der Waals surface area contributed by atoms with E-state index in [4.69, 9.17) is 4.74 Å². The minimum atomic E-state index is -4.12. The van der Waals surface area contributed by atoms with Gasteiger partial charge in [-0.15, -0.1) is 10.2 Å². The fourth-order valence-electron chi connectivity index (χ4n) is 3.20. The van der Waals surface area contributed by atoms with Gasteiger partial charge < -0.3 is 15.2 Å². The van der Waals surface area contributed by atoms with Crippen LogP contribution in [0.5, 0.6) is 5.88 Å². The lowest BCUT2D eigenvalue weighted by atomic mass is 9.81. The Kier molecular flexibility index (Phi) is 7.79. The quantitative estimate of drug-likeness (QED) is 0.732. The van der Waals surface area contributed by atoms with Crippen molar-refractivity contribution in [2.45, 2.75) is 51.2 Å². The lowest BCUT2D eigenvalue weighted by Crippen LogP contribution is -2.37. The number of aromatic nitrogens is 2. The fraction of sp³-hybridized carbons (Fsp3) is 0.632. The first-order valence-corrected chi connectivity index (χ1v) is 9.36. The number of aliphatic hydroxyl groups excluding tert-OH is 1. The summed E-state index contributed by atoms with van der Waals surface area (Å²) in [6, 6.07) is 1.14. The van der Waals surface area contributed by atoms with Crippen molar-refractivity contribution in [3.8, 4) is 5.88 Å². The van der Waals surface area contributed by atoms with Crippen molar-refractivity contribution < 1.29 is 27.8 Å². The molecule has 28 heavy (non-hydrogen) atoms. The highest BCUT2D eigenvalue weighted by Gasteiger charge is 2.40. The molecular weight excluding hydrogens is 375 g/mol. The van der Waals surface area contributed by atoms with Gasteiger partial charge in [0.1, 0.15) is 0 Å². The molecule has 1 saturated carbocycles. The van der Waals surface area contributed by atoms with Gasteiger partial charge >= 0.3 is 6.18 Å². The molecule has 0 aliphatic heterocycles. The van der Waals surface area contributed by atoms with Gasteiger partial charge in [-0.3, -0.25) is 4.79 Å². The summed E-state index contributed by atoms with van der Waals surface area (Å²) >= 11 is 0. The molecular formula is C19H26F3N3O3. The van der Waals surface area contributed by atoms with E-state index in [9.17, 15) is 23.1 Å². The van der Waals surface area contributed by atoms with Gasteiger partial charge in [-0.2, -0.15) is 13.2 Å². The van der Waals surface area contributed by atoms with Gasteiger partial charge in [0.25, 0.3) is 5.91 Å². The Balaban J connectivity index is 2.08. The summed E-state index contributed by atoms with van der Waals surface area (Å²) in [5, 5.41) is 19.6. The number of nitrogens with zero attached hydrogens (tertiary/aromatic N) is 2. The van der Waals surface area contributed by atoms with Gasteiger partial charge in [-0.05, 0) is 44.1 Å². The number of halogens is 3. The van der Waals surface area contributed by atoms with Crippen molar-refractivity contribution in [3.05, 3.63) is 23.4 Å². The molecule has 0 aromatic carbocycles. The third-order valence-electron chi connectivity index (χ3n) is 5.04. The molecule has 6 nitrogen and oxygen atoms in total. The van der Waals surface area contributed by atoms with Gasteiger partial charge in [-0.25, -0.2) is 0 Å². The zero-order valence-electron chi connectivity index (χ0n) is 16.0. The number of ether oxygens (including phenoxy) is 1. The highest BCUT2D eigenvalue weighted by molar-refractivity contribution is 5.93. The largest absolute Gasteiger partial charge is 0.479 e. The number of rotatable bonds is 7. The monoisotopic (exact) mass is 401 g/mol. The van der Waals surface area contributed by atoms with Crippen LogP contribution in [-0.2, 0) is 0 Å². The summed E-state index contributed by atoms with van der Waals surface area (Å²) in [5.41, 5.74) is 0.603. The molecule has 1 unspecified atom stereocenters. The third-order valence-corrected chi connectivity index (χ3v) is 5.04. The number of nitrogens with one attached hydrogen (secondary N) is 1. The van der Waals surface area contributed by atoms with Crippen LogP contribution in [0.2, 0.25) is 0 Å². The van der Waals surface area contributed by atoms with Crippen LogP contribution in [0.15, 0.2) is 12.1 Å². The second-order valence-electron chi connectivity index (χ2n) is 6.97. The van der Waals surface area contributed by atoms with Crippen LogP contribution in [0.3, 0.4) is 0 Å². The molecule has 1 fully saturated rings. The van der Waals surface area contributed by atoms with Crippen molar-refractivity contribution in [1.82, 2.24) is 15.5 Å². The molecule has 0 radical (unpaired) electrons. The average Bonchev–Trinajstić information content (AvgIpc) is 2.69. The van der Waals surface area contributed by atoms with Crippen LogP contribution >= 0.6 is 0 Å². The van der Waals surface area contributed by atoms with Crippen molar-refractivity contribution in [2.75, 3.05) is 13.7 Å². The van der Waals surface area contributed by atoms with Gasteiger partial charge in [-0.1, -0.05) is 19.1 Å². The van der Waals surface area contributed by atoms with Crippen molar-refractivity contribution in [1.29, 1.82) is 0 Å². The molecule has 1 aliphatic carbocycles. The Morgan fingerprint density at radius 2 is 2.04 bits per heavy atom. The molecule has 1 aliphatic rings. The van der Waals surface area contributed by atoms with E-state index < -0.39 is 18.0 Å². The first-order valence-electron chi connectivity index (χ1n) is 9.36. The summed E-state index contributed by atoms with van der Waals surface area (Å²) < 4.78 is 43.5. The van der Waals surface area contributed by atoms with Gasteiger partial charge in [0.05, 0.1) is 25.7 Å². The Bertz CT molecular complexity index is 683. The van der Waals surface area contributed by atoms with Crippen molar-refractivity contribution in [2.24, 2.45) is 11.8 Å². The first-order chi connectivity index (χ1) is 13.3. The summed E-state index contributed by atoms with van der Waals surface area (Å²) in [4.78, 5) is 12.3. The predicted octanol–water partition coefficient (Wildman–Crippen LogP) is 3.37. The van der Waals surface area contributed by atoms with Crippen LogP contribution in [-0.4, -0.2) is 47.1 Å². The van der Waals surface area contributed by atoms with E-state index in [1.165, 1.54) is 13.2 Å². The molecule has 2 N–H and O–H groups in total. The molecule has 1 heterocycles. The summed E-state index contributed by atoms with van der Waals surface area (Å²) in [7, 11) is 1.43. The number of carbonyl (C=O) groups excluding carboxylic acids is 1.